The zero-order valence-electron chi connectivity index (χ0n) is 11.3. The van der Waals surface area contributed by atoms with E-state index in [0.717, 1.165) is 0 Å². The first-order chi connectivity index (χ1) is 9.60. The minimum absolute atomic E-state index is 0.0341. The van der Waals surface area contributed by atoms with Gasteiger partial charge in [-0.05, 0) is 18.2 Å². The highest BCUT2D eigenvalue weighted by molar-refractivity contribution is 5.89. The first-order valence-corrected chi connectivity index (χ1v) is 6.42. The molecule has 0 spiro atoms. The van der Waals surface area contributed by atoms with Gasteiger partial charge >= 0.3 is 6.03 Å². The largest absolute Gasteiger partial charge is 0.339 e. The molecule has 6 heteroatoms. The van der Waals surface area contributed by atoms with Gasteiger partial charge in [-0.3, -0.25) is 4.79 Å². The lowest BCUT2D eigenvalue weighted by atomic mass is 10.2. The number of rotatable bonds is 1. The molecule has 0 saturated carbocycles. The summed E-state index contributed by atoms with van der Waals surface area (Å²) in [6.07, 6.45) is 0. The van der Waals surface area contributed by atoms with Crippen LogP contribution in [0.2, 0.25) is 0 Å². The second kappa shape index (κ2) is 6.06. The summed E-state index contributed by atoms with van der Waals surface area (Å²) in [5.74, 6) is 0.0341. The molecule has 0 aliphatic carbocycles. The number of carbonyl (C=O) groups excluding carboxylic acids is 2. The molecular formula is C14H16N4O2. The molecule has 0 bridgehead atoms. The fourth-order valence-electron chi connectivity index (χ4n) is 2.09. The van der Waals surface area contributed by atoms with Crippen LogP contribution in [0.3, 0.4) is 0 Å². The van der Waals surface area contributed by atoms with E-state index in [4.69, 9.17) is 5.26 Å². The predicted molar refractivity (Wildman–Crippen MR) is 74.0 cm³/mol. The number of nitrogens with zero attached hydrogens (tertiary/aromatic N) is 3. The minimum atomic E-state index is -0.205. The Morgan fingerprint density at radius 3 is 2.45 bits per heavy atom. The van der Waals surface area contributed by atoms with Crippen LogP contribution in [0.1, 0.15) is 12.5 Å². The van der Waals surface area contributed by atoms with Crippen molar-refractivity contribution in [2.24, 2.45) is 0 Å². The highest BCUT2D eigenvalue weighted by atomic mass is 16.2. The first kappa shape index (κ1) is 13.9. The number of nitrogens with one attached hydrogen (secondary N) is 1. The van der Waals surface area contributed by atoms with Crippen molar-refractivity contribution in [2.75, 3.05) is 31.5 Å². The zero-order chi connectivity index (χ0) is 14.5. The summed E-state index contributed by atoms with van der Waals surface area (Å²) in [4.78, 5) is 26.7. The molecule has 1 aliphatic rings. The molecule has 1 N–H and O–H groups in total. The number of nitriles is 1. The molecule has 1 aliphatic heterocycles. The van der Waals surface area contributed by atoms with Crippen LogP contribution in [0.25, 0.3) is 0 Å². The number of anilines is 1. The van der Waals surface area contributed by atoms with E-state index in [1.807, 2.05) is 6.07 Å². The van der Waals surface area contributed by atoms with Crippen LogP contribution >= 0.6 is 0 Å². The highest BCUT2D eigenvalue weighted by Gasteiger charge is 2.22. The lowest BCUT2D eigenvalue weighted by Crippen LogP contribution is -2.51. The Kier molecular flexibility index (Phi) is 4.20. The Bertz CT molecular complexity index is 557. The smallest absolute Gasteiger partial charge is 0.321 e. The van der Waals surface area contributed by atoms with Crippen molar-refractivity contribution in [3.05, 3.63) is 29.8 Å². The zero-order valence-corrected chi connectivity index (χ0v) is 11.3. The standard InChI is InChI=1S/C14H16N4O2/c1-11(19)17-5-7-18(8-6-17)14(20)16-13-4-2-3-12(9-13)10-15/h2-4,9H,5-8H2,1H3,(H,16,20). The van der Waals surface area contributed by atoms with E-state index in [1.54, 1.807) is 34.1 Å². The molecule has 6 nitrogen and oxygen atoms in total. The molecule has 1 heterocycles. The molecule has 2 rings (SSSR count). The van der Waals surface area contributed by atoms with Crippen LogP contribution in [-0.2, 0) is 4.79 Å². The Morgan fingerprint density at radius 2 is 1.85 bits per heavy atom. The number of urea groups is 1. The lowest BCUT2D eigenvalue weighted by Gasteiger charge is -2.34. The van der Waals surface area contributed by atoms with Crippen LogP contribution in [0.5, 0.6) is 0 Å². The summed E-state index contributed by atoms with van der Waals surface area (Å²) in [5, 5.41) is 11.6. The summed E-state index contributed by atoms with van der Waals surface area (Å²) in [6, 6.07) is 8.60. The Balaban J connectivity index is 1.93. The molecule has 1 saturated heterocycles. The maximum absolute atomic E-state index is 12.1. The molecule has 0 radical (unpaired) electrons. The molecule has 3 amide bonds. The number of amides is 3. The van der Waals surface area contributed by atoms with E-state index in [9.17, 15) is 9.59 Å². The third-order valence-corrected chi connectivity index (χ3v) is 3.26. The van der Waals surface area contributed by atoms with Gasteiger partial charge in [-0.25, -0.2) is 4.79 Å². The number of benzene rings is 1. The third kappa shape index (κ3) is 3.26. The van der Waals surface area contributed by atoms with E-state index in [-0.39, 0.29) is 11.9 Å². The fourth-order valence-corrected chi connectivity index (χ4v) is 2.09. The van der Waals surface area contributed by atoms with Gasteiger partial charge in [0, 0.05) is 38.8 Å². The van der Waals surface area contributed by atoms with Crippen LogP contribution < -0.4 is 5.32 Å². The maximum atomic E-state index is 12.1. The van der Waals surface area contributed by atoms with Crippen molar-refractivity contribution in [3.63, 3.8) is 0 Å². The first-order valence-electron chi connectivity index (χ1n) is 6.42. The molecule has 1 aromatic rings. The molecule has 0 unspecified atom stereocenters. The van der Waals surface area contributed by atoms with E-state index in [0.29, 0.717) is 37.4 Å². The Hall–Kier alpha value is -2.55. The SMILES string of the molecule is CC(=O)N1CCN(C(=O)Nc2cccc(C#N)c2)CC1. The molecule has 104 valence electrons. The number of carbonyl (C=O) groups is 2. The van der Waals surface area contributed by atoms with Crippen molar-refractivity contribution in [2.45, 2.75) is 6.92 Å². The van der Waals surface area contributed by atoms with Crippen molar-refractivity contribution in [1.29, 1.82) is 5.26 Å². The maximum Gasteiger partial charge on any atom is 0.321 e. The lowest BCUT2D eigenvalue weighted by molar-refractivity contribution is -0.130. The monoisotopic (exact) mass is 272 g/mol. The highest BCUT2D eigenvalue weighted by Crippen LogP contribution is 2.11. The Morgan fingerprint density at radius 1 is 1.20 bits per heavy atom. The van der Waals surface area contributed by atoms with Crippen molar-refractivity contribution in [1.82, 2.24) is 9.80 Å². The van der Waals surface area contributed by atoms with Gasteiger partial charge in [-0.1, -0.05) is 6.07 Å². The van der Waals surface area contributed by atoms with Crippen molar-refractivity contribution < 1.29 is 9.59 Å². The summed E-state index contributed by atoms with van der Waals surface area (Å²) in [6.45, 7) is 3.68. The van der Waals surface area contributed by atoms with Gasteiger partial charge in [0.05, 0.1) is 11.6 Å². The predicted octanol–water partition coefficient (Wildman–Crippen LogP) is 1.25. The topological polar surface area (TPSA) is 76.4 Å². The molecule has 0 aromatic heterocycles. The second-order valence-corrected chi connectivity index (χ2v) is 4.62. The molecular weight excluding hydrogens is 256 g/mol. The van der Waals surface area contributed by atoms with Gasteiger partial charge in [-0.15, -0.1) is 0 Å². The summed E-state index contributed by atoms with van der Waals surface area (Å²) in [7, 11) is 0. The van der Waals surface area contributed by atoms with Gasteiger partial charge in [0.1, 0.15) is 0 Å². The second-order valence-electron chi connectivity index (χ2n) is 4.62. The summed E-state index contributed by atoms with van der Waals surface area (Å²) in [5.41, 5.74) is 1.10. The number of hydrogen-bond acceptors (Lipinski definition) is 3. The average Bonchev–Trinajstić information content (AvgIpc) is 2.47. The van der Waals surface area contributed by atoms with Crippen LogP contribution in [-0.4, -0.2) is 47.9 Å². The normalized spacial score (nSPS) is 14.6. The van der Waals surface area contributed by atoms with Crippen LogP contribution in [0.4, 0.5) is 10.5 Å². The molecule has 1 aromatic carbocycles. The van der Waals surface area contributed by atoms with Gasteiger partial charge in [0.2, 0.25) is 5.91 Å². The van der Waals surface area contributed by atoms with E-state index < -0.39 is 0 Å². The number of hydrogen-bond donors (Lipinski definition) is 1. The van der Waals surface area contributed by atoms with Gasteiger partial charge < -0.3 is 15.1 Å². The van der Waals surface area contributed by atoms with Crippen LogP contribution in [0.15, 0.2) is 24.3 Å². The minimum Gasteiger partial charge on any atom is -0.339 e. The van der Waals surface area contributed by atoms with Crippen LogP contribution in [0, 0.1) is 11.3 Å². The third-order valence-electron chi connectivity index (χ3n) is 3.26. The fraction of sp³-hybridized carbons (Fsp3) is 0.357. The summed E-state index contributed by atoms with van der Waals surface area (Å²) >= 11 is 0. The number of piperazine rings is 1. The van der Waals surface area contributed by atoms with E-state index in [2.05, 4.69) is 5.32 Å². The molecule has 20 heavy (non-hydrogen) atoms. The van der Waals surface area contributed by atoms with E-state index >= 15 is 0 Å². The molecule has 0 atom stereocenters. The van der Waals surface area contributed by atoms with Crippen molar-refractivity contribution >= 4 is 17.6 Å². The van der Waals surface area contributed by atoms with Crippen molar-refractivity contribution in [3.8, 4) is 6.07 Å². The van der Waals surface area contributed by atoms with Gasteiger partial charge in [0.15, 0.2) is 0 Å². The quantitative estimate of drug-likeness (QED) is 0.836. The van der Waals surface area contributed by atoms with E-state index in [1.165, 1.54) is 6.92 Å². The van der Waals surface area contributed by atoms with Gasteiger partial charge in [-0.2, -0.15) is 5.26 Å². The Labute approximate surface area is 117 Å². The summed E-state index contributed by atoms with van der Waals surface area (Å²) < 4.78 is 0. The van der Waals surface area contributed by atoms with Gasteiger partial charge in [0.25, 0.3) is 0 Å². The average molecular weight is 272 g/mol. The molecule has 1 fully saturated rings.